The maximum atomic E-state index is 5.76. The molecule has 2 heterocycles. The number of hydrogen-bond donors (Lipinski definition) is 2. The quantitative estimate of drug-likeness (QED) is 0.807. The first-order chi connectivity index (χ1) is 6.81. The summed E-state index contributed by atoms with van der Waals surface area (Å²) in [7, 11) is 0. The molecule has 2 rings (SSSR count). The molecule has 4 heteroatoms. The van der Waals surface area contributed by atoms with Gasteiger partial charge in [0.2, 0.25) is 0 Å². The Morgan fingerprint density at radius 1 is 1.64 bits per heavy atom. The largest absolute Gasteiger partial charge is 0.329 e. The number of hydrogen-bond acceptors (Lipinski definition) is 3. The second-order valence-electron chi connectivity index (χ2n) is 3.28. The van der Waals surface area contributed by atoms with Crippen LogP contribution in [-0.2, 0) is 0 Å². The van der Waals surface area contributed by atoms with Crippen molar-refractivity contribution in [1.29, 1.82) is 0 Å². The standard InChI is InChI=1S/C10H13N3S/c1-7-5-9(13-12-7)8(6-11)10-3-2-4-14-10/h2-5,8H,6,11H2,1H3,(H,12,13). The molecule has 0 bridgehead atoms. The predicted octanol–water partition coefficient (Wildman–Crippen LogP) is 1.87. The second kappa shape index (κ2) is 3.94. The van der Waals surface area contributed by atoms with Crippen LogP contribution >= 0.6 is 11.3 Å². The first-order valence-electron chi connectivity index (χ1n) is 4.56. The highest BCUT2D eigenvalue weighted by Gasteiger charge is 2.15. The average Bonchev–Trinajstić information content (AvgIpc) is 2.79. The summed E-state index contributed by atoms with van der Waals surface area (Å²) < 4.78 is 0. The van der Waals surface area contributed by atoms with Crippen LogP contribution in [0, 0.1) is 6.92 Å². The molecular weight excluding hydrogens is 194 g/mol. The predicted molar refractivity (Wildman–Crippen MR) is 58.5 cm³/mol. The first-order valence-corrected chi connectivity index (χ1v) is 5.44. The molecule has 1 atom stereocenters. The summed E-state index contributed by atoms with van der Waals surface area (Å²) in [5.74, 6) is 0.236. The van der Waals surface area contributed by atoms with Gasteiger partial charge in [-0.25, -0.2) is 0 Å². The number of thiophene rings is 1. The van der Waals surface area contributed by atoms with Crippen molar-refractivity contribution in [1.82, 2.24) is 10.2 Å². The molecule has 0 fully saturated rings. The SMILES string of the molecule is Cc1cc(C(CN)c2cccs2)n[nH]1. The lowest BCUT2D eigenvalue weighted by atomic mass is 10.0. The molecule has 3 N–H and O–H groups in total. The Morgan fingerprint density at radius 3 is 3.00 bits per heavy atom. The molecule has 3 nitrogen and oxygen atoms in total. The fraction of sp³-hybridized carbons (Fsp3) is 0.300. The molecular formula is C10H13N3S. The maximum Gasteiger partial charge on any atom is 0.0720 e. The van der Waals surface area contributed by atoms with Crippen LogP contribution in [-0.4, -0.2) is 16.7 Å². The molecule has 1 unspecified atom stereocenters. The third-order valence-electron chi connectivity index (χ3n) is 2.21. The van der Waals surface area contributed by atoms with Crippen LogP contribution in [0.3, 0.4) is 0 Å². The average molecular weight is 207 g/mol. The Hall–Kier alpha value is -1.13. The Bertz CT molecular complexity index is 391. The van der Waals surface area contributed by atoms with Crippen molar-refractivity contribution in [3.8, 4) is 0 Å². The highest BCUT2D eigenvalue weighted by Crippen LogP contribution is 2.26. The number of nitrogens with one attached hydrogen (secondary N) is 1. The van der Waals surface area contributed by atoms with E-state index in [2.05, 4.69) is 27.7 Å². The summed E-state index contributed by atoms with van der Waals surface area (Å²) in [5, 5.41) is 9.26. The van der Waals surface area contributed by atoms with Gasteiger partial charge in [-0.05, 0) is 24.4 Å². The Labute approximate surface area is 87.0 Å². The number of rotatable bonds is 3. The number of aryl methyl sites for hydroxylation is 1. The van der Waals surface area contributed by atoms with E-state index in [4.69, 9.17) is 5.73 Å². The molecule has 2 aromatic heterocycles. The van der Waals surface area contributed by atoms with E-state index in [0.29, 0.717) is 6.54 Å². The number of nitrogens with zero attached hydrogens (tertiary/aromatic N) is 1. The summed E-state index contributed by atoms with van der Waals surface area (Å²) in [6, 6.07) is 6.20. The van der Waals surface area contributed by atoms with Gasteiger partial charge in [0, 0.05) is 23.0 Å². The van der Waals surface area contributed by atoms with Crippen LogP contribution in [0.2, 0.25) is 0 Å². The van der Waals surface area contributed by atoms with Crippen LogP contribution in [0.5, 0.6) is 0 Å². The van der Waals surface area contributed by atoms with E-state index < -0.39 is 0 Å². The molecule has 0 saturated heterocycles. The first kappa shape index (κ1) is 9.43. The van der Waals surface area contributed by atoms with Gasteiger partial charge in [-0.1, -0.05) is 6.07 Å². The van der Waals surface area contributed by atoms with E-state index >= 15 is 0 Å². The highest BCUT2D eigenvalue weighted by molar-refractivity contribution is 7.10. The lowest BCUT2D eigenvalue weighted by molar-refractivity contribution is 0.792. The number of H-pyrrole nitrogens is 1. The summed E-state index contributed by atoms with van der Waals surface area (Å²) in [5.41, 5.74) is 7.87. The maximum absolute atomic E-state index is 5.76. The zero-order valence-corrected chi connectivity index (χ0v) is 8.84. The minimum Gasteiger partial charge on any atom is -0.329 e. The van der Waals surface area contributed by atoms with Crippen molar-refractivity contribution in [2.24, 2.45) is 5.73 Å². The van der Waals surface area contributed by atoms with Crippen LogP contribution in [0.4, 0.5) is 0 Å². The van der Waals surface area contributed by atoms with Crippen LogP contribution in [0.15, 0.2) is 23.6 Å². The molecule has 14 heavy (non-hydrogen) atoms. The van der Waals surface area contributed by atoms with E-state index in [0.717, 1.165) is 11.4 Å². The smallest absolute Gasteiger partial charge is 0.0720 e. The number of nitrogens with two attached hydrogens (primary N) is 1. The van der Waals surface area contributed by atoms with Gasteiger partial charge in [0.05, 0.1) is 5.69 Å². The van der Waals surface area contributed by atoms with Gasteiger partial charge in [0.15, 0.2) is 0 Å². The Morgan fingerprint density at radius 2 is 2.50 bits per heavy atom. The fourth-order valence-electron chi connectivity index (χ4n) is 1.49. The summed E-state index contributed by atoms with van der Waals surface area (Å²) in [6.45, 7) is 2.60. The van der Waals surface area contributed by atoms with E-state index in [-0.39, 0.29) is 5.92 Å². The minimum atomic E-state index is 0.236. The summed E-state index contributed by atoms with van der Waals surface area (Å²) in [4.78, 5) is 1.28. The molecule has 0 radical (unpaired) electrons. The zero-order chi connectivity index (χ0) is 9.97. The summed E-state index contributed by atoms with van der Waals surface area (Å²) in [6.07, 6.45) is 0. The molecule has 0 saturated carbocycles. The van der Waals surface area contributed by atoms with Crippen LogP contribution in [0.1, 0.15) is 22.2 Å². The van der Waals surface area contributed by atoms with Crippen molar-refractivity contribution in [3.63, 3.8) is 0 Å². The third-order valence-corrected chi connectivity index (χ3v) is 3.19. The van der Waals surface area contributed by atoms with Crippen molar-refractivity contribution in [3.05, 3.63) is 39.8 Å². The molecule has 0 amide bonds. The topological polar surface area (TPSA) is 54.7 Å². The van der Waals surface area contributed by atoms with Gasteiger partial charge >= 0.3 is 0 Å². The molecule has 0 aromatic carbocycles. The molecule has 0 aliphatic rings. The van der Waals surface area contributed by atoms with Gasteiger partial charge in [0.25, 0.3) is 0 Å². The molecule has 0 aliphatic heterocycles. The van der Waals surface area contributed by atoms with Crippen LogP contribution in [0.25, 0.3) is 0 Å². The van der Waals surface area contributed by atoms with E-state index in [1.165, 1.54) is 4.88 Å². The summed E-state index contributed by atoms with van der Waals surface area (Å²) >= 11 is 1.73. The number of aromatic amines is 1. The zero-order valence-electron chi connectivity index (χ0n) is 8.03. The highest BCUT2D eigenvalue weighted by atomic mass is 32.1. The third kappa shape index (κ3) is 1.71. The van der Waals surface area contributed by atoms with E-state index in [1.54, 1.807) is 11.3 Å². The second-order valence-corrected chi connectivity index (χ2v) is 4.26. The number of aromatic nitrogens is 2. The van der Waals surface area contributed by atoms with Crippen molar-refractivity contribution < 1.29 is 0 Å². The van der Waals surface area contributed by atoms with Crippen molar-refractivity contribution in [2.75, 3.05) is 6.54 Å². The molecule has 0 aliphatic carbocycles. The van der Waals surface area contributed by atoms with Crippen molar-refractivity contribution in [2.45, 2.75) is 12.8 Å². The minimum absolute atomic E-state index is 0.236. The Kier molecular flexibility index (Phi) is 2.65. The molecule has 0 spiro atoms. The van der Waals surface area contributed by atoms with Gasteiger partial charge < -0.3 is 5.73 Å². The lowest BCUT2D eigenvalue weighted by Crippen LogP contribution is -2.12. The van der Waals surface area contributed by atoms with Gasteiger partial charge in [-0.2, -0.15) is 5.10 Å². The Balaban J connectivity index is 2.31. The normalized spacial score (nSPS) is 13.0. The van der Waals surface area contributed by atoms with Crippen LogP contribution < -0.4 is 5.73 Å². The van der Waals surface area contributed by atoms with Gasteiger partial charge in [0.1, 0.15) is 0 Å². The van der Waals surface area contributed by atoms with E-state index in [9.17, 15) is 0 Å². The molecule has 2 aromatic rings. The lowest BCUT2D eigenvalue weighted by Gasteiger charge is -2.08. The van der Waals surface area contributed by atoms with Crippen molar-refractivity contribution >= 4 is 11.3 Å². The fourth-order valence-corrected chi connectivity index (χ4v) is 2.34. The monoisotopic (exact) mass is 207 g/mol. The van der Waals surface area contributed by atoms with Gasteiger partial charge in [-0.3, -0.25) is 5.10 Å². The molecule has 74 valence electrons. The van der Waals surface area contributed by atoms with Gasteiger partial charge in [-0.15, -0.1) is 11.3 Å². The van der Waals surface area contributed by atoms with E-state index in [1.807, 2.05) is 13.0 Å².